The first kappa shape index (κ1) is 14.2. The number of carbonyl (C=O) groups excluding carboxylic acids is 1. The summed E-state index contributed by atoms with van der Waals surface area (Å²) in [6.45, 7) is 3.85. The summed E-state index contributed by atoms with van der Waals surface area (Å²) < 4.78 is 13.7. The van der Waals surface area contributed by atoms with Crippen LogP contribution in [0.2, 0.25) is 5.02 Å². The third-order valence-corrected chi connectivity index (χ3v) is 3.64. The van der Waals surface area contributed by atoms with Crippen LogP contribution in [-0.2, 0) is 11.3 Å². The number of primary amides is 1. The summed E-state index contributed by atoms with van der Waals surface area (Å²) in [7, 11) is 0. The second kappa shape index (κ2) is 6.32. The molecule has 1 aliphatic rings. The average Bonchev–Trinajstić information content (AvgIpc) is 2.35. The minimum Gasteiger partial charge on any atom is -0.369 e. The van der Waals surface area contributed by atoms with Gasteiger partial charge in [0.25, 0.3) is 0 Å². The quantitative estimate of drug-likeness (QED) is 0.901. The van der Waals surface area contributed by atoms with Crippen LogP contribution in [-0.4, -0.2) is 48.4 Å². The highest BCUT2D eigenvalue weighted by molar-refractivity contribution is 6.31. The smallest absolute Gasteiger partial charge is 0.231 e. The normalized spacial score (nSPS) is 17.6. The molecule has 2 rings (SSSR count). The van der Waals surface area contributed by atoms with Crippen LogP contribution in [0.5, 0.6) is 0 Å². The van der Waals surface area contributed by atoms with Gasteiger partial charge in [-0.15, -0.1) is 0 Å². The van der Waals surface area contributed by atoms with Gasteiger partial charge < -0.3 is 5.73 Å². The van der Waals surface area contributed by atoms with Crippen LogP contribution in [0.3, 0.4) is 0 Å². The molecule has 4 nitrogen and oxygen atoms in total. The number of nitrogens with two attached hydrogens (primary N) is 1. The number of benzene rings is 1. The molecule has 0 bridgehead atoms. The summed E-state index contributed by atoms with van der Waals surface area (Å²) >= 11 is 6.01. The van der Waals surface area contributed by atoms with Gasteiger partial charge in [0.1, 0.15) is 5.82 Å². The molecular formula is C13H17ClFN3O. The second-order valence-electron chi connectivity index (χ2n) is 4.72. The first-order chi connectivity index (χ1) is 9.06. The van der Waals surface area contributed by atoms with Gasteiger partial charge in [0.15, 0.2) is 0 Å². The number of hydrogen-bond acceptors (Lipinski definition) is 3. The van der Waals surface area contributed by atoms with Gasteiger partial charge in [-0.3, -0.25) is 14.6 Å². The number of amides is 1. The van der Waals surface area contributed by atoms with Crippen LogP contribution in [0.4, 0.5) is 4.39 Å². The van der Waals surface area contributed by atoms with E-state index in [9.17, 15) is 9.18 Å². The van der Waals surface area contributed by atoms with E-state index in [-0.39, 0.29) is 18.3 Å². The summed E-state index contributed by atoms with van der Waals surface area (Å²) in [5, 5.41) is 0.458. The molecule has 19 heavy (non-hydrogen) atoms. The lowest BCUT2D eigenvalue weighted by Crippen LogP contribution is -2.48. The Hall–Kier alpha value is -1.17. The molecule has 0 atom stereocenters. The Bertz CT molecular complexity index is 441. The average molecular weight is 286 g/mol. The van der Waals surface area contributed by atoms with Gasteiger partial charge in [-0.2, -0.15) is 0 Å². The highest BCUT2D eigenvalue weighted by Gasteiger charge is 2.19. The van der Waals surface area contributed by atoms with E-state index in [0.717, 1.165) is 26.2 Å². The Labute approximate surface area is 116 Å². The van der Waals surface area contributed by atoms with Crippen molar-refractivity contribution in [3.8, 4) is 0 Å². The van der Waals surface area contributed by atoms with Crippen molar-refractivity contribution in [1.82, 2.24) is 9.80 Å². The monoisotopic (exact) mass is 285 g/mol. The molecule has 0 spiro atoms. The number of rotatable bonds is 4. The predicted octanol–water partition coefficient (Wildman–Crippen LogP) is 1.08. The number of piperazine rings is 1. The number of nitrogens with zero attached hydrogens (tertiary/aromatic N) is 2. The fourth-order valence-corrected chi connectivity index (χ4v) is 2.46. The van der Waals surface area contributed by atoms with Crippen LogP contribution in [0, 0.1) is 5.82 Å². The molecule has 0 unspecified atom stereocenters. The molecule has 0 aromatic heterocycles. The summed E-state index contributed by atoms with van der Waals surface area (Å²) in [4.78, 5) is 15.0. The largest absolute Gasteiger partial charge is 0.369 e. The van der Waals surface area contributed by atoms with Crippen LogP contribution < -0.4 is 5.73 Å². The van der Waals surface area contributed by atoms with E-state index in [0.29, 0.717) is 17.1 Å². The maximum absolute atomic E-state index is 13.7. The Morgan fingerprint density at radius 3 is 2.47 bits per heavy atom. The lowest BCUT2D eigenvalue weighted by Gasteiger charge is -2.34. The van der Waals surface area contributed by atoms with E-state index in [2.05, 4.69) is 4.90 Å². The Morgan fingerprint density at radius 2 is 1.89 bits per heavy atom. The Kier molecular flexibility index (Phi) is 4.74. The van der Waals surface area contributed by atoms with Gasteiger partial charge in [-0.05, 0) is 12.1 Å². The van der Waals surface area contributed by atoms with Crippen molar-refractivity contribution in [2.24, 2.45) is 5.73 Å². The molecule has 1 amide bonds. The molecule has 1 heterocycles. The number of halogens is 2. The standard InChI is InChI=1S/C13H17ClFN3O/c14-11-2-1-3-12(15)10(11)8-17-4-6-18(7-5-17)9-13(16)19/h1-3H,4-9H2,(H2,16,19). The van der Waals surface area contributed by atoms with Gasteiger partial charge in [-0.1, -0.05) is 17.7 Å². The van der Waals surface area contributed by atoms with E-state index in [1.807, 2.05) is 4.90 Å². The Morgan fingerprint density at radius 1 is 1.26 bits per heavy atom. The molecule has 6 heteroatoms. The molecule has 1 aromatic rings. The zero-order valence-corrected chi connectivity index (χ0v) is 11.4. The van der Waals surface area contributed by atoms with E-state index < -0.39 is 0 Å². The Balaban J connectivity index is 1.91. The predicted molar refractivity (Wildman–Crippen MR) is 72.3 cm³/mol. The van der Waals surface area contributed by atoms with E-state index in [1.54, 1.807) is 12.1 Å². The minimum atomic E-state index is -0.314. The van der Waals surface area contributed by atoms with Crippen LogP contribution in [0.1, 0.15) is 5.56 Å². The fourth-order valence-electron chi connectivity index (χ4n) is 2.23. The molecule has 1 aromatic carbocycles. The minimum absolute atomic E-state index is 0.271. The highest BCUT2D eigenvalue weighted by atomic mass is 35.5. The molecule has 0 aliphatic carbocycles. The maximum Gasteiger partial charge on any atom is 0.231 e. The summed E-state index contributed by atoms with van der Waals surface area (Å²) in [6, 6.07) is 4.72. The van der Waals surface area contributed by atoms with Crippen molar-refractivity contribution < 1.29 is 9.18 Å². The van der Waals surface area contributed by atoms with Crippen molar-refractivity contribution in [1.29, 1.82) is 0 Å². The molecule has 0 radical (unpaired) electrons. The lowest BCUT2D eigenvalue weighted by atomic mass is 10.2. The van der Waals surface area contributed by atoms with Crippen molar-refractivity contribution in [3.63, 3.8) is 0 Å². The van der Waals surface area contributed by atoms with Gasteiger partial charge >= 0.3 is 0 Å². The molecule has 1 fully saturated rings. The maximum atomic E-state index is 13.7. The number of hydrogen-bond donors (Lipinski definition) is 1. The molecule has 1 aliphatic heterocycles. The second-order valence-corrected chi connectivity index (χ2v) is 5.13. The highest BCUT2D eigenvalue weighted by Crippen LogP contribution is 2.21. The van der Waals surface area contributed by atoms with E-state index in [4.69, 9.17) is 17.3 Å². The van der Waals surface area contributed by atoms with Gasteiger partial charge in [0.2, 0.25) is 5.91 Å². The summed E-state index contributed by atoms with van der Waals surface area (Å²) in [5.41, 5.74) is 5.69. The summed E-state index contributed by atoms with van der Waals surface area (Å²) in [5.74, 6) is -0.585. The fraction of sp³-hybridized carbons (Fsp3) is 0.462. The summed E-state index contributed by atoms with van der Waals surface area (Å²) in [6.07, 6.45) is 0. The van der Waals surface area contributed by atoms with Crippen LogP contribution >= 0.6 is 11.6 Å². The third kappa shape index (κ3) is 3.89. The van der Waals surface area contributed by atoms with Crippen molar-refractivity contribution in [2.45, 2.75) is 6.54 Å². The SMILES string of the molecule is NC(=O)CN1CCN(Cc2c(F)cccc2Cl)CC1. The van der Waals surface area contributed by atoms with Crippen LogP contribution in [0.15, 0.2) is 18.2 Å². The van der Waals surface area contributed by atoms with Gasteiger partial charge in [0.05, 0.1) is 6.54 Å². The number of carbonyl (C=O) groups is 1. The van der Waals surface area contributed by atoms with Gasteiger partial charge in [-0.25, -0.2) is 4.39 Å². The first-order valence-electron chi connectivity index (χ1n) is 6.22. The van der Waals surface area contributed by atoms with Crippen molar-refractivity contribution in [2.75, 3.05) is 32.7 Å². The van der Waals surface area contributed by atoms with Crippen molar-refractivity contribution in [3.05, 3.63) is 34.6 Å². The van der Waals surface area contributed by atoms with Gasteiger partial charge in [0, 0.05) is 43.3 Å². The zero-order chi connectivity index (χ0) is 13.8. The third-order valence-electron chi connectivity index (χ3n) is 3.29. The molecule has 2 N–H and O–H groups in total. The zero-order valence-electron chi connectivity index (χ0n) is 10.6. The molecule has 1 saturated heterocycles. The first-order valence-corrected chi connectivity index (χ1v) is 6.60. The van der Waals surface area contributed by atoms with E-state index in [1.165, 1.54) is 6.07 Å². The lowest BCUT2D eigenvalue weighted by molar-refractivity contribution is -0.119. The molecular weight excluding hydrogens is 269 g/mol. The molecule has 0 saturated carbocycles. The van der Waals surface area contributed by atoms with Crippen LogP contribution in [0.25, 0.3) is 0 Å². The van der Waals surface area contributed by atoms with Crippen molar-refractivity contribution >= 4 is 17.5 Å². The van der Waals surface area contributed by atoms with E-state index >= 15 is 0 Å². The molecule has 104 valence electrons. The topological polar surface area (TPSA) is 49.6 Å².